The summed E-state index contributed by atoms with van der Waals surface area (Å²) in [5.74, 6) is 2.25. The molecule has 2 aliphatic rings. The van der Waals surface area contributed by atoms with Gasteiger partial charge >= 0.3 is 0 Å². The Morgan fingerprint density at radius 1 is 1.23 bits per heavy atom. The average molecular weight is 506 g/mol. The van der Waals surface area contributed by atoms with Gasteiger partial charge in [0.25, 0.3) is 0 Å². The van der Waals surface area contributed by atoms with Crippen LogP contribution in [-0.2, 0) is 0 Å². The standard InChI is InChI=1S/C20H14BrClN4O3S/c1-2-5-30-20-24-19-17(25-26-20)12-6-10(21)3-4-14(12)23-18(29-19)11-7-15-16(8-13(11)22)28-9-27-15/h2-4,6-8,18,23H,1,5,9H2/t18-/m0/s1. The molecule has 1 atom stereocenters. The third-order valence-electron chi connectivity index (χ3n) is 4.49. The lowest BCUT2D eigenvalue weighted by Gasteiger charge is -2.20. The number of thioether (sulfide) groups is 1. The summed E-state index contributed by atoms with van der Waals surface area (Å²) < 4.78 is 18.1. The second-order valence-electron chi connectivity index (χ2n) is 6.41. The third-order valence-corrected chi connectivity index (χ3v) is 6.15. The van der Waals surface area contributed by atoms with Gasteiger partial charge in [-0.1, -0.05) is 45.4 Å². The number of halogens is 2. The number of nitrogens with zero attached hydrogens (tertiary/aromatic N) is 3. The minimum atomic E-state index is -0.623. The largest absolute Gasteiger partial charge is 0.454 e. The molecule has 3 aromatic rings. The fraction of sp³-hybridized carbons (Fsp3) is 0.150. The summed E-state index contributed by atoms with van der Waals surface area (Å²) in [4.78, 5) is 4.58. The van der Waals surface area contributed by atoms with Crippen LogP contribution < -0.4 is 19.5 Å². The molecule has 3 heterocycles. The lowest BCUT2D eigenvalue weighted by atomic mass is 10.1. The Balaban J connectivity index is 1.62. The summed E-state index contributed by atoms with van der Waals surface area (Å²) in [6.07, 6.45) is 1.16. The minimum Gasteiger partial charge on any atom is -0.454 e. The summed E-state index contributed by atoms with van der Waals surface area (Å²) >= 11 is 11.5. The topological polar surface area (TPSA) is 78.4 Å². The highest BCUT2D eigenvalue weighted by atomic mass is 79.9. The van der Waals surface area contributed by atoms with Gasteiger partial charge in [-0.25, -0.2) is 0 Å². The molecule has 2 aliphatic heterocycles. The lowest BCUT2D eigenvalue weighted by Crippen LogP contribution is -2.17. The second-order valence-corrected chi connectivity index (χ2v) is 8.72. The molecule has 7 nitrogen and oxygen atoms in total. The van der Waals surface area contributed by atoms with Crippen LogP contribution in [0.15, 0.2) is 52.6 Å². The van der Waals surface area contributed by atoms with Crippen molar-refractivity contribution >= 4 is 45.0 Å². The van der Waals surface area contributed by atoms with Crippen molar-refractivity contribution in [1.29, 1.82) is 0 Å². The quantitative estimate of drug-likeness (QED) is 0.370. The van der Waals surface area contributed by atoms with Crippen molar-refractivity contribution in [2.24, 2.45) is 0 Å². The molecule has 1 N–H and O–H groups in total. The van der Waals surface area contributed by atoms with Gasteiger partial charge in [0.15, 0.2) is 23.4 Å². The van der Waals surface area contributed by atoms with Gasteiger partial charge in [0.2, 0.25) is 17.8 Å². The first kappa shape index (κ1) is 19.5. The highest BCUT2D eigenvalue weighted by Gasteiger charge is 2.29. The first-order valence-corrected chi connectivity index (χ1v) is 11.1. The Hall–Kier alpha value is -2.49. The second kappa shape index (κ2) is 7.98. The van der Waals surface area contributed by atoms with Crippen molar-refractivity contribution in [3.63, 3.8) is 0 Å². The first-order chi connectivity index (χ1) is 14.6. The number of nitrogens with one attached hydrogen (secondary N) is 1. The average Bonchev–Trinajstić information content (AvgIpc) is 3.13. The summed E-state index contributed by atoms with van der Waals surface area (Å²) in [6, 6.07) is 9.36. The van der Waals surface area contributed by atoms with Crippen LogP contribution in [0.3, 0.4) is 0 Å². The highest BCUT2D eigenvalue weighted by Crippen LogP contribution is 2.44. The van der Waals surface area contributed by atoms with Crippen LogP contribution in [0, 0.1) is 0 Å². The van der Waals surface area contributed by atoms with Gasteiger partial charge in [-0.3, -0.25) is 0 Å². The van der Waals surface area contributed by atoms with Crippen molar-refractivity contribution in [3.05, 3.63) is 58.0 Å². The predicted molar refractivity (Wildman–Crippen MR) is 118 cm³/mol. The maximum atomic E-state index is 6.55. The van der Waals surface area contributed by atoms with Gasteiger partial charge in [0, 0.05) is 33.1 Å². The number of aromatic nitrogens is 3. The molecule has 0 fully saturated rings. The van der Waals surface area contributed by atoms with E-state index in [4.69, 9.17) is 25.8 Å². The molecule has 0 spiro atoms. The van der Waals surface area contributed by atoms with E-state index >= 15 is 0 Å². The normalized spacial score (nSPS) is 16.0. The molecule has 0 bridgehead atoms. The summed E-state index contributed by atoms with van der Waals surface area (Å²) in [5.41, 5.74) is 2.87. The lowest BCUT2D eigenvalue weighted by molar-refractivity contribution is 0.173. The summed E-state index contributed by atoms with van der Waals surface area (Å²) in [5, 5.41) is 13.0. The van der Waals surface area contributed by atoms with Crippen molar-refractivity contribution in [3.8, 4) is 28.6 Å². The molecule has 0 saturated carbocycles. The third kappa shape index (κ3) is 3.57. The molecular weight excluding hydrogens is 492 g/mol. The predicted octanol–water partition coefficient (Wildman–Crippen LogP) is 5.46. The summed E-state index contributed by atoms with van der Waals surface area (Å²) in [6.45, 7) is 3.89. The van der Waals surface area contributed by atoms with E-state index in [9.17, 15) is 0 Å². The van der Waals surface area contributed by atoms with E-state index in [1.54, 1.807) is 12.1 Å². The van der Waals surface area contributed by atoms with Gasteiger partial charge in [0.1, 0.15) is 0 Å². The molecule has 5 rings (SSSR count). The smallest absolute Gasteiger partial charge is 0.247 e. The van der Waals surface area contributed by atoms with E-state index < -0.39 is 6.23 Å². The fourth-order valence-electron chi connectivity index (χ4n) is 3.14. The number of fused-ring (bicyclic) bond motifs is 4. The van der Waals surface area contributed by atoms with Crippen molar-refractivity contribution in [1.82, 2.24) is 15.2 Å². The Morgan fingerprint density at radius 3 is 2.90 bits per heavy atom. The zero-order valence-electron chi connectivity index (χ0n) is 15.4. The number of anilines is 1. The van der Waals surface area contributed by atoms with Crippen LogP contribution in [0.1, 0.15) is 11.8 Å². The van der Waals surface area contributed by atoms with Gasteiger partial charge in [-0.2, -0.15) is 4.98 Å². The van der Waals surface area contributed by atoms with E-state index in [1.165, 1.54) is 11.8 Å². The van der Waals surface area contributed by atoms with Crippen LogP contribution in [0.4, 0.5) is 5.69 Å². The zero-order chi connectivity index (χ0) is 20.7. The van der Waals surface area contributed by atoms with Crippen LogP contribution in [0.2, 0.25) is 5.02 Å². The molecule has 152 valence electrons. The van der Waals surface area contributed by atoms with Crippen LogP contribution >= 0.6 is 39.3 Å². The van der Waals surface area contributed by atoms with Crippen LogP contribution in [0.25, 0.3) is 11.3 Å². The maximum absolute atomic E-state index is 6.55. The van der Waals surface area contributed by atoms with E-state index in [0.717, 1.165) is 15.7 Å². The first-order valence-electron chi connectivity index (χ1n) is 8.93. The summed E-state index contributed by atoms with van der Waals surface area (Å²) in [7, 11) is 0. The molecule has 2 aromatic carbocycles. The molecule has 10 heteroatoms. The van der Waals surface area contributed by atoms with Gasteiger partial charge < -0.3 is 19.5 Å². The van der Waals surface area contributed by atoms with Crippen molar-refractivity contribution < 1.29 is 14.2 Å². The Bertz CT molecular complexity index is 1160. The zero-order valence-corrected chi connectivity index (χ0v) is 18.6. The molecule has 0 radical (unpaired) electrons. The Labute approximate surface area is 189 Å². The van der Waals surface area contributed by atoms with E-state index in [1.807, 2.05) is 24.3 Å². The fourth-order valence-corrected chi connectivity index (χ4v) is 4.27. The number of rotatable bonds is 4. The van der Waals surface area contributed by atoms with E-state index in [0.29, 0.717) is 44.6 Å². The molecule has 1 aromatic heterocycles. The SMILES string of the molecule is C=CCSc1nnc2c(n1)O[C@@H](c1cc3c(cc1Cl)OCO3)Nc1ccc(Br)cc1-2. The minimum absolute atomic E-state index is 0.162. The number of ether oxygens (including phenoxy) is 3. The number of hydrogen-bond acceptors (Lipinski definition) is 8. The molecule has 0 unspecified atom stereocenters. The van der Waals surface area contributed by atoms with E-state index in [-0.39, 0.29) is 6.79 Å². The van der Waals surface area contributed by atoms with Gasteiger partial charge in [-0.05, 0) is 24.3 Å². The molecule has 0 amide bonds. The van der Waals surface area contributed by atoms with Gasteiger partial charge in [-0.15, -0.1) is 16.8 Å². The van der Waals surface area contributed by atoms with Gasteiger partial charge in [0.05, 0.1) is 5.02 Å². The van der Waals surface area contributed by atoms with Crippen LogP contribution in [0.5, 0.6) is 17.4 Å². The highest BCUT2D eigenvalue weighted by molar-refractivity contribution is 9.10. The van der Waals surface area contributed by atoms with Crippen LogP contribution in [-0.4, -0.2) is 27.7 Å². The molecule has 0 aliphatic carbocycles. The Morgan fingerprint density at radius 2 is 2.07 bits per heavy atom. The monoisotopic (exact) mass is 504 g/mol. The van der Waals surface area contributed by atoms with Crippen molar-refractivity contribution in [2.75, 3.05) is 17.9 Å². The molecular formula is C20H14BrClN4O3S. The van der Waals surface area contributed by atoms with Crippen molar-refractivity contribution in [2.45, 2.75) is 11.4 Å². The molecule has 30 heavy (non-hydrogen) atoms. The molecule has 0 saturated heterocycles. The number of benzene rings is 2. The maximum Gasteiger partial charge on any atom is 0.247 e. The number of hydrogen-bond donors (Lipinski definition) is 1. The van der Waals surface area contributed by atoms with E-state index in [2.05, 4.69) is 43.0 Å². The Kier molecular flexibility index (Phi) is 5.18.